The standard InChI is InChI=1S/C26H22BNO2Si/c1-20-17-18-25(27(29)30)24(19-28)26(20)31(21-11-5-2-6-12-21,22-13-7-3-8-14-22)23-15-9-4-10-16-23/h2-18,29-30H,1H3. The summed E-state index contributed by atoms with van der Waals surface area (Å²) in [5.74, 6) is 0. The van der Waals surface area contributed by atoms with Gasteiger partial charge in [-0.05, 0) is 38.7 Å². The molecule has 150 valence electrons. The smallest absolute Gasteiger partial charge is 0.423 e. The quantitative estimate of drug-likeness (QED) is 0.374. The van der Waals surface area contributed by atoms with Gasteiger partial charge in [0.25, 0.3) is 0 Å². The van der Waals surface area contributed by atoms with E-state index in [1.807, 2.05) is 67.6 Å². The molecule has 5 heteroatoms. The summed E-state index contributed by atoms with van der Waals surface area (Å²) in [5.41, 5.74) is 1.55. The van der Waals surface area contributed by atoms with E-state index in [2.05, 4.69) is 42.5 Å². The fourth-order valence-electron chi connectivity index (χ4n) is 4.54. The summed E-state index contributed by atoms with van der Waals surface area (Å²) in [6.45, 7) is 2.00. The van der Waals surface area contributed by atoms with Gasteiger partial charge in [0.1, 0.15) is 0 Å². The molecule has 0 amide bonds. The van der Waals surface area contributed by atoms with Crippen molar-refractivity contribution in [2.24, 2.45) is 0 Å². The molecule has 31 heavy (non-hydrogen) atoms. The van der Waals surface area contributed by atoms with Crippen LogP contribution in [0.3, 0.4) is 0 Å². The number of hydrogen-bond donors (Lipinski definition) is 2. The molecule has 4 aromatic rings. The SMILES string of the molecule is Cc1ccc(B(O)O)c(C#N)c1[Si](c1ccccc1)(c1ccccc1)c1ccccc1. The first-order valence-corrected chi connectivity index (χ1v) is 12.2. The predicted molar refractivity (Wildman–Crippen MR) is 129 cm³/mol. The predicted octanol–water partition coefficient (Wildman–Crippen LogP) is 0.924. The zero-order chi connectivity index (χ0) is 21.8. The molecule has 4 aromatic carbocycles. The molecule has 4 rings (SSSR count). The van der Waals surface area contributed by atoms with Gasteiger partial charge in [0, 0.05) is 0 Å². The van der Waals surface area contributed by atoms with Gasteiger partial charge in [-0.2, -0.15) is 5.26 Å². The monoisotopic (exact) mass is 419 g/mol. The average molecular weight is 419 g/mol. The zero-order valence-corrected chi connectivity index (χ0v) is 18.2. The summed E-state index contributed by atoms with van der Waals surface area (Å²) in [6, 6.07) is 36.7. The molecule has 0 heterocycles. The highest BCUT2D eigenvalue weighted by molar-refractivity contribution is 7.20. The van der Waals surface area contributed by atoms with Crippen LogP contribution in [0.1, 0.15) is 11.1 Å². The van der Waals surface area contributed by atoms with Crippen molar-refractivity contribution in [1.29, 1.82) is 5.26 Å². The second-order valence-corrected chi connectivity index (χ2v) is 11.3. The Bertz CT molecular complexity index is 1130. The summed E-state index contributed by atoms with van der Waals surface area (Å²) >= 11 is 0. The van der Waals surface area contributed by atoms with Gasteiger partial charge in [-0.25, -0.2) is 0 Å². The highest BCUT2D eigenvalue weighted by Gasteiger charge is 2.44. The normalized spacial score (nSPS) is 11.0. The summed E-state index contributed by atoms with van der Waals surface area (Å²) < 4.78 is 0. The van der Waals surface area contributed by atoms with Crippen LogP contribution in [0.2, 0.25) is 0 Å². The molecule has 0 aromatic heterocycles. The van der Waals surface area contributed by atoms with E-state index >= 15 is 0 Å². The third kappa shape index (κ3) is 3.51. The number of nitriles is 1. The lowest BCUT2D eigenvalue weighted by atomic mass is 9.77. The molecule has 0 unspecified atom stereocenters. The molecule has 0 spiro atoms. The Balaban J connectivity index is 2.26. The van der Waals surface area contributed by atoms with Gasteiger partial charge in [0.15, 0.2) is 8.07 Å². The minimum Gasteiger partial charge on any atom is -0.423 e. The number of nitrogens with zero attached hydrogens (tertiary/aromatic N) is 1. The second kappa shape index (κ2) is 8.75. The fraction of sp³-hybridized carbons (Fsp3) is 0.0385. The van der Waals surface area contributed by atoms with E-state index in [0.717, 1.165) is 26.3 Å². The van der Waals surface area contributed by atoms with Crippen LogP contribution >= 0.6 is 0 Å². The number of hydrogen-bond acceptors (Lipinski definition) is 3. The molecule has 3 nitrogen and oxygen atoms in total. The molecule has 0 saturated carbocycles. The third-order valence-electron chi connectivity index (χ3n) is 5.83. The first kappa shape index (κ1) is 20.8. The first-order chi connectivity index (χ1) is 15.1. The zero-order valence-electron chi connectivity index (χ0n) is 17.2. The van der Waals surface area contributed by atoms with Gasteiger partial charge >= 0.3 is 7.12 Å². The van der Waals surface area contributed by atoms with Crippen LogP contribution < -0.4 is 26.2 Å². The number of rotatable bonds is 5. The molecule has 0 fully saturated rings. The molecule has 0 aliphatic carbocycles. The molecule has 0 aliphatic rings. The Hall–Kier alpha value is -3.43. The van der Waals surface area contributed by atoms with Crippen LogP contribution in [0.25, 0.3) is 0 Å². The molecule has 0 bridgehead atoms. The Morgan fingerprint density at radius 3 is 1.45 bits per heavy atom. The largest absolute Gasteiger partial charge is 0.489 e. The van der Waals surface area contributed by atoms with Crippen molar-refractivity contribution in [3.63, 3.8) is 0 Å². The molecule has 2 N–H and O–H groups in total. The van der Waals surface area contributed by atoms with Crippen molar-refractivity contribution >= 4 is 41.4 Å². The third-order valence-corrected chi connectivity index (χ3v) is 10.8. The van der Waals surface area contributed by atoms with Crippen molar-refractivity contribution < 1.29 is 10.0 Å². The van der Waals surface area contributed by atoms with Gasteiger partial charge in [0.05, 0.1) is 11.6 Å². The average Bonchev–Trinajstić information content (AvgIpc) is 2.82. The lowest BCUT2D eigenvalue weighted by Crippen LogP contribution is -2.76. The number of benzene rings is 4. The summed E-state index contributed by atoms with van der Waals surface area (Å²) in [6.07, 6.45) is 0. The second-order valence-electron chi connectivity index (χ2n) is 7.56. The van der Waals surface area contributed by atoms with E-state index < -0.39 is 15.2 Å². The van der Waals surface area contributed by atoms with E-state index in [9.17, 15) is 15.3 Å². The van der Waals surface area contributed by atoms with E-state index in [0.29, 0.717) is 5.56 Å². The van der Waals surface area contributed by atoms with E-state index in [1.165, 1.54) is 0 Å². The molecule has 0 radical (unpaired) electrons. The molecule has 0 saturated heterocycles. The van der Waals surface area contributed by atoms with Gasteiger partial charge in [-0.3, -0.25) is 0 Å². The van der Waals surface area contributed by atoms with Crippen molar-refractivity contribution in [2.75, 3.05) is 0 Å². The first-order valence-electron chi connectivity index (χ1n) is 10.2. The molecular formula is C26H22BNO2Si. The maximum atomic E-state index is 10.2. The van der Waals surface area contributed by atoms with E-state index in [1.54, 1.807) is 6.07 Å². The maximum Gasteiger partial charge on any atom is 0.489 e. The van der Waals surface area contributed by atoms with Crippen molar-refractivity contribution in [3.05, 3.63) is 114 Å². The Morgan fingerprint density at radius 2 is 1.10 bits per heavy atom. The highest BCUT2D eigenvalue weighted by atomic mass is 28.3. The van der Waals surface area contributed by atoms with Crippen LogP contribution in [0.5, 0.6) is 0 Å². The van der Waals surface area contributed by atoms with Gasteiger partial charge in [0.2, 0.25) is 0 Å². The fourth-order valence-corrected chi connectivity index (χ4v) is 9.73. The molecule has 0 atom stereocenters. The summed E-state index contributed by atoms with van der Waals surface area (Å²) in [5, 5.41) is 34.6. The Labute approximate surface area is 184 Å². The highest BCUT2D eigenvalue weighted by Crippen LogP contribution is 2.14. The van der Waals surface area contributed by atoms with Crippen molar-refractivity contribution in [1.82, 2.24) is 0 Å². The van der Waals surface area contributed by atoms with Gasteiger partial charge in [-0.1, -0.05) is 103 Å². The van der Waals surface area contributed by atoms with Crippen LogP contribution in [0.4, 0.5) is 0 Å². The Kier molecular flexibility index (Phi) is 5.88. The summed E-state index contributed by atoms with van der Waals surface area (Å²) in [7, 11) is -4.65. The lowest BCUT2D eigenvalue weighted by molar-refractivity contribution is 0.425. The minimum atomic E-state index is -2.93. The van der Waals surface area contributed by atoms with Crippen LogP contribution in [-0.4, -0.2) is 25.2 Å². The molecular weight excluding hydrogens is 397 g/mol. The molecule has 0 aliphatic heterocycles. The van der Waals surface area contributed by atoms with Gasteiger partial charge in [-0.15, -0.1) is 0 Å². The maximum absolute atomic E-state index is 10.2. The topological polar surface area (TPSA) is 64.2 Å². The van der Waals surface area contributed by atoms with Crippen molar-refractivity contribution in [2.45, 2.75) is 6.92 Å². The van der Waals surface area contributed by atoms with Crippen LogP contribution in [0.15, 0.2) is 103 Å². The summed E-state index contributed by atoms with van der Waals surface area (Å²) in [4.78, 5) is 0. The van der Waals surface area contributed by atoms with Crippen LogP contribution in [0, 0.1) is 18.3 Å². The lowest BCUT2D eigenvalue weighted by Gasteiger charge is -2.36. The Morgan fingerprint density at radius 1 is 0.677 bits per heavy atom. The van der Waals surface area contributed by atoms with E-state index in [-0.39, 0.29) is 5.46 Å². The minimum absolute atomic E-state index is 0.239. The van der Waals surface area contributed by atoms with Gasteiger partial charge < -0.3 is 10.0 Å². The van der Waals surface area contributed by atoms with E-state index in [4.69, 9.17) is 0 Å². The number of aryl methyl sites for hydroxylation is 1. The van der Waals surface area contributed by atoms with Crippen LogP contribution in [-0.2, 0) is 0 Å². The van der Waals surface area contributed by atoms with Crippen molar-refractivity contribution in [3.8, 4) is 6.07 Å².